The summed E-state index contributed by atoms with van der Waals surface area (Å²) < 4.78 is 1.91. The Morgan fingerprint density at radius 1 is 1.37 bits per heavy atom. The van der Waals surface area contributed by atoms with Crippen molar-refractivity contribution in [3.8, 4) is 0 Å². The van der Waals surface area contributed by atoms with E-state index in [1.54, 1.807) is 24.3 Å². The lowest BCUT2D eigenvalue weighted by Crippen LogP contribution is -2.27. The highest BCUT2D eigenvalue weighted by Crippen LogP contribution is 2.22. The summed E-state index contributed by atoms with van der Waals surface area (Å²) in [5, 5.41) is 9.67. The number of nitrogens with two attached hydrogens (primary N) is 1. The first kappa shape index (κ1) is 13.3. The Hall–Kier alpha value is -2.15. The molecule has 1 aromatic carbocycles. The van der Waals surface area contributed by atoms with Crippen molar-refractivity contribution in [2.75, 3.05) is 0 Å². The standard InChI is InChI=1S/C12H12N2O4S/c13-10(15)6-5-8(12(17)18)14-11(16)7-3-1-2-4-9(7)19-14/h1-4,8H,5-6H2,(H2,13,15)(H,17,18). The van der Waals surface area contributed by atoms with Gasteiger partial charge in [-0.3, -0.25) is 9.59 Å². The van der Waals surface area contributed by atoms with Crippen LogP contribution in [-0.4, -0.2) is 20.9 Å². The summed E-state index contributed by atoms with van der Waals surface area (Å²) in [7, 11) is 0. The summed E-state index contributed by atoms with van der Waals surface area (Å²) >= 11 is 1.08. The number of rotatable bonds is 5. The molecule has 1 atom stereocenters. The third-order valence-electron chi connectivity index (χ3n) is 2.75. The highest BCUT2D eigenvalue weighted by molar-refractivity contribution is 7.13. The summed E-state index contributed by atoms with van der Waals surface area (Å²) in [5.41, 5.74) is 4.67. The molecular formula is C12H12N2O4S. The van der Waals surface area contributed by atoms with E-state index >= 15 is 0 Å². The number of carboxylic acid groups (broad SMARTS) is 1. The number of carboxylic acids is 1. The zero-order chi connectivity index (χ0) is 14.0. The smallest absolute Gasteiger partial charge is 0.327 e. The first-order chi connectivity index (χ1) is 9.00. The fraction of sp³-hybridized carbons (Fsp3) is 0.250. The molecule has 3 N–H and O–H groups in total. The first-order valence-electron chi connectivity index (χ1n) is 5.62. The quantitative estimate of drug-likeness (QED) is 0.851. The number of amides is 1. The van der Waals surface area contributed by atoms with Crippen molar-refractivity contribution in [3.05, 3.63) is 34.6 Å². The maximum absolute atomic E-state index is 12.1. The van der Waals surface area contributed by atoms with Gasteiger partial charge in [-0.25, -0.2) is 8.75 Å². The van der Waals surface area contributed by atoms with E-state index in [2.05, 4.69) is 0 Å². The van der Waals surface area contributed by atoms with Gasteiger partial charge in [-0.05, 0) is 18.6 Å². The van der Waals surface area contributed by atoms with Gasteiger partial charge in [-0.15, -0.1) is 0 Å². The Labute approximate surface area is 112 Å². The molecule has 1 amide bonds. The van der Waals surface area contributed by atoms with Crippen molar-refractivity contribution in [1.82, 2.24) is 3.96 Å². The molecule has 0 aliphatic rings. The van der Waals surface area contributed by atoms with Crippen molar-refractivity contribution in [1.29, 1.82) is 0 Å². The molecule has 0 aliphatic heterocycles. The summed E-state index contributed by atoms with van der Waals surface area (Å²) in [4.78, 5) is 34.1. The number of hydrogen-bond acceptors (Lipinski definition) is 4. The molecule has 0 spiro atoms. The van der Waals surface area contributed by atoms with Crippen LogP contribution in [0.15, 0.2) is 29.1 Å². The molecular weight excluding hydrogens is 268 g/mol. The number of aromatic nitrogens is 1. The van der Waals surface area contributed by atoms with Crippen LogP contribution in [0.2, 0.25) is 0 Å². The van der Waals surface area contributed by atoms with Crippen LogP contribution in [-0.2, 0) is 9.59 Å². The van der Waals surface area contributed by atoms with Crippen LogP contribution in [0.5, 0.6) is 0 Å². The van der Waals surface area contributed by atoms with E-state index in [1.165, 1.54) is 3.96 Å². The minimum Gasteiger partial charge on any atom is -0.480 e. The molecule has 100 valence electrons. The van der Waals surface area contributed by atoms with Crippen molar-refractivity contribution >= 4 is 33.5 Å². The second-order valence-corrected chi connectivity index (χ2v) is 5.09. The largest absolute Gasteiger partial charge is 0.480 e. The van der Waals surface area contributed by atoms with E-state index < -0.39 is 17.9 Å². The molecule has 6 nitrogen and oxygen atoms in total. The van der Waals surface area contributed by atoms with Crippen molar-refractivity contribution in [2.45, 2.75) is 18.9 Å². The zero-order valence-corrected chi connectivity index (χ0v) is 10.7. The first-order valence-corrected chi connectivity index (χ1v) is 6.39. The summed E-state index contributed by atoms with van der Waals surface area (Å²) in [6.45, 7) is 0. The molecule has 1 aromatic heterocycles. The number of hydrogen-bond donors (Lipinski definition) is 2. The third-order valence-corrected chi connectivity index (χ3v) is 3.92. The Morgan fingerprint density at radius 2 is 2.05 bits per heavy atom. The number of nitrogens with zero attached hydrogens (tertiary/aromatic N) is 1. The van der Waals surface area contributed by atoms with Crippen LogP contribution in [0.25, 0.3) is 10.1 Å². The van der Waals surface area contributed by atoms with Gasteiger partial charge in [0.15, 0.2) is 0 Å². The summed E-state index contributed by atoms with van der Waals surface area (Å²) in [6.07, 6.45) is -0.0605. The molecule has 19 heavy (non-hydrogen) atoms. The lowest BCUT2D eigenvalue weighted by atomic mass is 10.1. The Morgan fingerprint density at radius 3 is 2.63 bits per heavy atom. The van der Waals surface area contributed by atoms with E-state index in [4.69, 9.17) is 5.73 Å². The van der Waals surface area contributed by atoms with Crippen LogP contribution in [0.1, 0.15) is 18.9 Å². The van der Waals surface area contributed by atoms with Gasteiger partial charge in [0.05, 0.1) is 10.1 Å². The van der Waals surface area contributed by atoms with Gasteiger partial charge in [0.2, 0.25) is 5.91 Å². The van der Waals surface area contributed by atoms with E-state index in [0.717, 1.165) is 16.2 Å². The molecule has 1 unspecified atom stereocenters. The number of fused-ring (bicyclic) bond motifs is 1. The molecule has 0 aliphatic carbocycles. The monoisotopic (exact) mass is 280 g/mol. The van der Waals surface area contributed by atoms with Crippen molar-refractivity contribution in [2.24, 2.45) is 5.73 Å². The second-order valence-electron chi connectivity index (χ2n) is 4.08. The predicted octanol–water partition coefficient (Wildman–Crippen LogP) is 0.954. The summed E-state index contributed by atoms with van der Waals surface area (Å²) in [5.74, 6) is -1.73. The maximum Gasteiger partial charge on any atom is 0.327 e. The van der Waals surface area contributed by atoms with E-state index in [1.807, 2.05) is 0 Å². The maximum atomic E-state index is 12.1. The van der Waals surface area contributed by atoms with Crippen LogP contribution in [0.3, 0.4) is 0 Å². The molecule has 0 radical (unpaired) electrons. The van der Waals surface area contributed by atoms with Gasteiger partial charge >= 0.3 is 5.97 Å². The summed E-state index contributed by atoms with van der Waals surface area (Å²) in [6, 6.07) is 5.85. The van der Waals surface area contributed by atoms with Crippen molar-refractivity contribution < 1.29 is 14.7 Å². The predicted molar refractivity (Wildman–Crippen MR) is 71.2 cm³/mol. The van der Waals surface area contributed by atoms with E-state index in [0.29, 0.717) is 5.39 Å². The lowest BCUT2D eigenvalue weighted by Gasteiger charge is -2.10. The third kappa shape index (κ3) is 2.65. The number of carbonyl (C=O) groups is 2. The topological polar surface area (TPSA) is 102 Å². The number of primary amides is 1. The fourth-order valence-electron chi connectivity index (χ4n) is 1.81. The Bertz CT molecular complexity index is 688. The number of carbonyl (C=O) groups excluding carboxylic acids is 1. The SMILES string of the molecule is NC(=O)CCC(C(=O)O)n1sc2ccccc2c1=O. The molecule has 1 heterocycles. The van der Waals surface area contributed by atoms with Gasteiger partial charge in [0.25, 0.3) is 5.56 Å². The second kappa shape index (κ2) is 5.23. The molecule has 0 saturated carbocycles. The van der Waals surface area contributed by atoms with Gasteiger partial charge in [0.1, 0.15) is 6.04 Å². The average molecular weight is 280 g/mol. The Balaban J connectivity index is 2.44. The van der Waals surface area contributed by atoms with Crippen LogP contribution in [0, 0.1) is 0 Å². The van der Waals surface area contributed by atoms with E-state index in [-0.39, 0.29) is 18.4 Å². The number of benzene rings is 1. The van der Waals surface area contributed by atoms with Gasteiger partial charge in [-0.1, -0.05) is 23.7 Å². The lowest BCUT2D eigenvalue weighted by molar-refractivity contribution is -0.141. The highest BCUT2D eigenvalue weighted by atomic mass is 32.1. The van der Waals surface area contributed by atoms with Crippen LogP contribution >= 0.6 is 11.5 Å². The van der Waals surface area contributed by atoms with Gasteiger partial charge < -0.3 is 10.8 Å². The van der Waals surface area contributed by atoms with Gasteiger partial charge in [-0.2, -0.15) is 0 Å². The van der Waals surface area contributed by atoms with Crippen LogP contribution in [0.4, 0.5) is 0 Å². The molecule has 0 saturated heterocycles. The molecule has 7 heteroatoms. The number of aliphatic carboxylic acids is 1. The van der Waals surface area contributed by atoms with Crippen LogP contribution < -0.4 is 11.3 Å². The minimum atomic E-state index is -1.14. The van der Waals surface area contributed by atoms with E-state index in [9.17, 15) is 19.5 Å². The molecule has 0 bridgehead atoms. The highest BCUT2D eigenvalue weighted by Gasteiger charge is 2.24. The zero-order valence-electron chi connectivity index (χ0n) is 9.91. The van der Waals surface area contributed by atoms with Gasteiger partial charge in [0, 0.05) is 6.42 Å². The molecule has 2 aromatic rings. The normalized spacial score (nSPS) is 12.4. The van der Waals surface area contributed by atoms with Crippen molar-refractivity contribution in [3.63, 3.8) is 0 Å². The fourth-order valence-corrected chi connectivity index (χ4v) is 2.92. The average Bonchev–Trinajstić information content (AvgIpc) is 2.67. The molecule has 2 rings (SSSR count). The molecule has 0 fully saturated rings. The Kier molecular flexibility index (Phi) is 3.66. The minimum absolute atomic E-state index is 0.0113.